The van der Waals surface area contributed by atoms with Gasteiger partial charge < -0.3 is 10.6 Å². The van der Waals surface area contributed by atoms with Gasteiger partial charge in [-0.3, -0.25) is 10.1 Å². The fraction of sp³-hybridized carbons (Fsp3) is 0.600. The number of nitrogens with zero attached hydrogens (tertiary/aromatic N) is 1. The van der Waals surface area contributed by atoms with Crippen molar-refractivity contribution in [3.8, 4) is 0 Å². The Balaban J connectivity index is 2.88. The van der Waals surface area contributed by atoms with E-state index >= 15 is 0 Å². The Hall–Kier alpha value is -1.78. The molecule has 0 fully saturated rings. The van der Waals surface area contributed by atoms with Gasteiger partial charge >= 0.3 is 0 Å². The maximum absolute atomic E-state index is 11.0. The minimum absolute atomic E-state index is 0.114. The van der Waals surface area contributed by atoms with Gasteiger partial charge in [0.05, 0.1) is 4.92 Å². The van der Waals surface area contributed by atoms with Gasteiger partial charge in [-0.2, -0.15) is 0 Å². The van der Waals surface area contributed by atoms with E-state index in [1.807, 2.05) is 6.07 Å². The molecule has 5 heteroatoms. The molecule has 0 radical (unpaired) electrons. The van der Waals surface area contributed by atoms with Crippen molar-refractivity contribution in [3.05, 3.63) is 28.3 Å². The van der Waals surface area contributed by atoms with Gasteiger partial charge in [0, 0.05) is 36.6 Å². The fourth-order valence-electron chi connectivity index (χ4n) is 1.66. The lowest BCUT2D eigenvalue weighted by Crippen LogP contribution is -2.22. The number of nitro benzene ring substituents is 1. The normalized spacial score (nSPS) is 11.2. The van der Waals surface area contributed by atoms with E-state index in [9.17, 15) is 10.1 Å². The molecule has 0 atom stereocenters. The molecule has 0 spiro atoms. The molecule has 5 nitrogen and oxygen atoms in total. The van der Waals surface area contributed by atoms with Crippen LogP contribution < -0.4 is 10.6 Å². The van der Waals surface area contributed by atoms with Crippen LogP contribution in [0, 0.1) is 15.5 Å². The first-order chi connectivity index (χ1) is 9.38. The topological polar surface area (TPSA) is 67.2 Å². The Morgan fingerprint density at radius 1 is 1.15 bits per heavy atom. The van der Waals surface area contributed by atoms with Gasteiger partial charge in [-0.25, -0.2) is 0 Å². The lowest BCUT2D eigenvalue weighted by molar-refractivity contribution is -0.384. The molecular weight excluding hydrogens is 254 g/mol. The van der Waals surface area contributed by atoms with Crippen molar-refractivity contribution in [2.75, 3.05) is 23.7 Å². The van der Waals surface area contributed by atoms with Crippen LogP contribution in [-0.4, -0.2) is 18.0 Å². The summed E-state index contributed by atoms with van der Waals surface area (Å²) in [5, 5.41) is 17.5. The predicted molar refractivity (Wildman–Crippen MR) is 84.4 cm³/mol. The second-order valence-corrected chi connectivity index (χ2v) is 5.82. The van der Waals surface area contributed by atoms with Crippen molar-refractivity contribution in [1.82, 2.24) is 0 Å². The van der Waals surface area contributed by atoms with Crippen LogP contribution in [0.15, 0.2) is 18.2 Å². The van der Waals surface area contributed by atoms with Crippen molar-refractivity contribution in [2.24, 2.45) is 5.41 Å². The number of rotatable bonds is 8. The lowest BCUT2D eigenvalue weighted by Gasteiger charge is -2.23. The van der Waals surface area contributed by atoms with Crippen LogP contribution in [-0.2, 0) is 0 Å². The molecule has 0 aliphatic carbocycles. The van der Waals surface area contributed by atoms with Gasteiger partial charge in [-0.05, 0) is 24.3 Å². The van der Waals surface area contributed by atoms with Crippen molar-refractivity contribution < 1.29 is 4.92 Å². The van der Waals surface area contributed by atoms with E-state index in [4.69, 9.17) is 0 Å². The maximum Gasteiger partial charge on any atom is 0.273 e. The predicted octanol–water partition coefficient (Wildman–Crippen LogP) is 4.26. The molecule has 112 valence electrons. The average Bonchev–Trinajstić information content (AvgIpc) is 2.43. The van der Waals surface area contributed by atoms with Crippen LogP contribution in [0.25, 0.3) is 0 Å². The summed E-state index contributed by atoms with van der Waals surface area (Å²) in [6.07, 6.45) is 2.03. The number of benzene rings is 1. The molecule has 2 N–H and O–H groups in total. The molecule has 0 saturated carbocycles. The van der Waals surface area contributed by atoms with Gasteiger partial charge in [0.25, 0.3) is 5.69 Å². The number of hydrogen-bond acceptors (Lipinski definition) is 4. The standard InChI is InChI=1S/C15H25N3O2/c1-5-7-16-12-8-13(10-14(9-12)18(19)20)17-11-15(3,4)6-2/h8-10,16-17H,5-7,11H2,1-4H3. The fourth-order valence-corrected chi connectivity index (χ4v) is 1.66. The maximum atomic E-state index is 11.0. The highest BCUT2D eigenvalue weighted by Crippen LogP contribution is 2.26. The van der Waals surface area contributed by atoms with Crippen molar-refractivity contribution in [1.29, 1.82) is 0 Å². The molecule has 0 aliphatic rings. The zero-order chi connectivity index (χ0) is 15.2. The van der Waals surface area contributed by atoms with Gasteiger partial charge in [0.15, 0.2) is 0 Å². The summed E-state index contributed by atoms with van der Waals surface area (Å²) in [6.45, 7) is 10.1. The molecule has 0 amide bonds. The Morgan fingerprint density at radius 2 is 1.75 bits per heavy atom. The molecule has 0 heterocycles. The minimum atomic E-state index is -0.354. The van der Waals surface area contributed by atoms with Crippen LogP contribution in [0.3, 0.4) is 0 Å². The molecule has 0 aromatic heterocycles. The third kappa shape index (κ3) is 5.07. The molecule has 0 unspecified atom stereocenters. The summed E-state index contributed by atoms with van der Waals surface area (Å²) in [5.74, 6) is 0. The van der Waals surface area contributed by atoms with Crippen molar-refractivity contribution >= 4 is 17.1 Å². The second-order valence-electron chi connectivity index (χ2n) is 5.82. The summed E-state index contributed by atoms with van der Waals surface area (Å²) >= 11 is 0. The van der Waals surface area contributed by atoms with E-state index in [-0.39, 0.29) is 16.0 Å². The Bertz CT molecular complexity index is 458. The van der Waals surface area contributed by atoms with Crippen LogP contribution in [0.1, 0.15) is 40.5 Å². The Kier molecular flexibility index (Phi) is 5.80. The zero-order valence-corrected chi connectivity index (χ0v) is 12.8. The van der Waals surface area contributed by atoms with E-state index in [1.54, 1.807) is 12.1 Å². The van der Waals surface area contributed by atoms with Crippen molar-refractivity contribution in [2.45, 2.75) is 40.5 Å². The molecule has 20 heavy (non-hydrogen) atoms. The molecular formula is C15H25N3O2. The SMILES string of the molecule is CCCNc1cc(NCC(C)(C)CC)cc([N+](=O)[O-])c1. The monoisotopic (exact) mass is 279 g/mol. The number of nitrogens with one attached hydrogen (secondary N) is 2. The third-order valence-electron chi connectivity index (χ3n) is 3.44. The number of anilines is 2. The highest BCUT2D eigenvalue weighted by molar-refractivity contribution is 5.63. The van der Waals surface area contributed by atoms with Gasteiger partial charge in [0.2, 0.25) is 0 Å². The lowest BCUT2D eigenvalue weighted by atomic mass is 9.90. The summed E-state index contributed by atoms with van der Waals surface area (Å²) in [7, 11) is 0. The first-order valence-electron chi connectivity index (χ1n) is 7.15. The highest BCUT2D eigenvalue weighted by atomic mass is 16.6. The molecule has 1 aromatic carbocycles. The summed E-state index contributed by atoms with van der Waals surface area (Å²) in [6, 6.07) is 5.09. The van der Waals surface area contributed by atoms with Crippen LogP contribution >= 0.6 is 0 Å². The van der Waals surface area contributed by atoms with E-state index < -0.39 is 0 Å². The van der Waals surface area contributed by atoms with Gasteiger partial charge in [-0.1, -0.05) is 27.7 Å². The number of nitro groups is 1. The minimum Gasteiger partial charge on any atom is -0.385 e. The quantitative estimate of drug-likeness (QED) is 0.551. The van der Waals surface area contributed by atoms with Gasteiger partial charge in [0.1, 0.15) is 0 Å². The van der Waals surface area contributed by atoms with Crippen LogP contribution in [0.4, 0.5) is 17.1 Å². The molecule has 1 rings (SSSR count). The number of hydrogen-bond donors (Lipinski definition) is 2. The molecule has 0 bridgehead atoms. The molecule has 0 saturated heterocycles. The molecule has 0 aliphatic heterocycles. The Labute approximate surface area is 120 Å². The zero-order valence-electron chi connectivity index (χ0n) is 12.8. The first-order valence-corrected chi connectivity index (χ1v) is 7.15. The summed E-state index contributed by atoms with van der Waals surface area (Å²) < 4.78 is 0. The third-order valence-corrected chi connectivity index (χ3v) is 3.44. The van der Waals surface area contributed by atoms with E-state index in [0.29, 0.717) is 0 Å². The number of non-ortho nitro benzene ring substituents is 1. The highest BCUT2D eigenvalue weighted by Gasteiger charge is 2.16. The van der Waals surface area contributed by atoms with Crippen LogP contribution in [0.5, 0.6) is 0 Å². The van der Waals surface area contributed by atoms with E-state index in [0.717, 1.165) is 37.3 Å². The Morgan fingerprint density at radius 3 is 2.25 bits per heavy atom. The largest absolute Gasteiger partial charge is 0.385 e. The summed E-state index contributed by atoms with van der Waals surface area (Å²) in [4.78, 5) is 10.6. The van der Waals surface area contributed by atoms with Crippen LogP contribution in [0.2, 0.25) is 0 Å². The second kappa shape index (κ2) is 7.12. The van der Waals surface area contributed by atoms with E-state index in [2.05, 4.69) is 38.3 Å². The molecule has 1 aromatic rings. The van der Waals surface area contributed by atoms with Gasteiger partial charge in [-0.15, -0.1) is 0 Å². The smallest absolute Gasteiger partial charge is 0.273 e. The summed E-state index contributed by atoms with van der Waals surface area (Å²) in [5.41, 5.74) is 1.86. The van der Waals surface area contributed by atoms with E-state index in [1.165, 1.54) is 0 Å². The average molecular weight is 279 g/mol. The van der Waals surface area contributed by atoms with Crippen molar-refractivity contribution in [3.63, 3.8) is 0 Å². The first kappa shape index (κ1) is 16.3.